The highest BCUT2D eigenvalue weighted by molar-refractivity contribution is 5.95. The Hall–Kier alpha value is -3.35. The molecule has 0 radical (unpaired) electrons. The van der Waals surface area contributed by atoms with E-state index in [9.17, 15) is 9.59 Å². The molecule has 2 aromatic heterocycles. The summed E-state index contributed by atoms with van der Waals surface area (Å²) in [5.41, 5.74) is 1.78. The van der Waals surface area contributed by atoms with Gasteiger partial charge < -0.3 is 14.2 Å². The topological polar surface area (TPSA) is 77.6 Å². The highest BCUT2D eigenvalue weighted by Gasteiger charge is 2.34. The van der Waals surface area contributed by atoms with Gasteiger partial charge in [-0.2, -0.15) is 0 Å². The number of ether oxygens (including phenoxy) is 1. The minimum absolute atomic E-state index is 0.172. The first-order valence-electron chi connectivity index (χ1n) is 9.61. The Morgan fingerprint density at radius 2 is 2.03 bits per heavy atom. The van der Waals surface area contributed by atoms with Crippen LogP contribution in [-0.2, 0) is 0 Å². The molecule has 29 heavy (non-hydrogen) atoms. The van der Waals surface area contributed by atoms with Crippen LogP contribution in [0, 0.1) is 13.8 Å². The first-order chi connectivity index (χ1) is 14.0. The molecule has 0 saturated carbocycles. The van der Waals surface area contributed by atoms with Gasteiger partial charge in [0.1, 0.15) is 22.8 Å². The van der Waals surface area contributed by atoms with E-state index in [1.54, 1.807) is 43.3 Å². The maximum atomic E-state index is 13.4. The molecular weight excluding hydrogens is 370 g/mol. The van der Waals surface area contributed by atoms with Crippen molar-refractivity contribution >= 4 is 5.91 Å². The van der Waals surface area contributed by atoms with Gasteiger partial charge in [-0.15, -0.1) is 0 Å². The Bertz CT molecular complexity index is 1120. The number of hydrogen-bond donors (Lipinski definition) is 0. The van der Waals surface area contributed by atoms with Crippen molar-refractivity contribution in [3.8, 4) is 11.4 Å². The summed E-state index contributed by atoms with van der Waals surface area (Å²) >= 11 is 0. The lowest BCUT2D eigenvalue weighted by Crippen LogP contribution is -2.37. The van der Waals surface area contributed by atoms with Crippen LogP contribution >= 0.6 is 0 Å². The highest BCUT2D eigenvalue weighted by Crippen LogP contribution is 2.33. The molecule has 0 aliphatic carbocycles. The summed E-state index contributed by atoms with van der Waals surface area (Å²) < 4.78 is 12.0. The van der Waals surface area contributed by atoms with E-state index in [1.807, 2.05) is 25.1 Å². The molecule has 0 bridgehead atoms. The van der Waals surface area contributed by atoms with Gasteiger partial charge in [0.2, 0.25) is 0 Å². The fraction of sp³-hybridized carbons (Fsp3) is 0.318. The largest absolute Gasteiger partial charge is 0.495 e. The van der Waals surface area contributed by atoms with E-state index in [0.717, 1.165) is 18.5 Å². The number of aromatic nitrogens is 2. The van der Waals surface area contributed by atoms with Crippen LogP contribution in [0.5, 0.6) is 5.75 Å². The molecule has 1 saturated heterocycles. The molecule has 3 aromatic rings. The van der Waals surface area contributed by atoms with Crippen molar-refractivity contribution in [1.82, 2.24) is 14.6 Å². The number of pyridine rings is 1. The summed E-state index contributed by atoms with van der Waals surface area (Å²) in [5, 5.41) is 4.09. The summed E-state index contributed by atoms with van der Waals surface area (Å²) in [6, 6.07) is 10.7. The monoisotopic (exact) mass is 393 g/mol. The maximum absolute atomic E-state index is 13.4. The fourth-order valence-corrected chi connectivity index (χ4v) is 3.91. The van der Waals surface area contributed by atoms with Crippen molar-refractivity contribution < 1.29 is 14.1 Å². The van der Waals surface area contributed by atoms with E-state index in [4.69, 9.17) is 9.26 Å². The molecule has 150 valence electrons. The average Bonchev–Trinajstić information content (AvgIpc) is 3.37. The smallest absolute Gasteiger partial charge is 0.268 e. The van der Waals surface area contributed by atoms with Gasteiger partial charge in [0.25, 0.3) is 11.5 Å². The van der Waals surface area contributed by atoms with Gasteiger partial charge in [-0.3, -0.25) is 14.2 Å². The molecule has 1 atom stereocenters. The minimum Gasteiger partial charge on any atom is -0.495 e. The maximum Gasteiger partial charge on any atom is 0.268 e. The molecule has 0 spiro atoms. The quantitative estimate of drug-likeness (QED) is 0.679. The molecule has 1 fully saturated rings. The van der Waals surface area contributed by atoms with Gasteiger partial charge in [-0.05, 0) is 50.5 Å². The summed E-state index contributed by atoms with van der Waals surface area (Å²) in [6.07, 6.45) is 3.33. The summed E-state index contributed by atoms with van der Waals surface area (Å²) in [6.45, 7) is 4.19. The van der Waals surface area contributed by atoms with Crippen LogP contribution in [0.3, 0.4) is 0 Å². The standard InChI is InChI=1S/C22H23N3O4/c1-14-10-12-25(18-7-4-5-9-19(18)28-3)22(27)20(14)21(26)24-11-6-8-17(24)16-13-15(2)29-23-16/h4-5,7,9-10,12-13,17H,6,8,11H2,1-3H3. The van der Waals surface area contributed by atoms with Crippen LogP contribution in [0.1, 0.15) is 46.3 Å². The fourth-order valence-electron chi connectivity index (χ4n) is 3.91. The summed E-state index contributed by atoms with van der Waals surface area (Å²) in [4.78, 5) is 28.5. The first kappa shape index (κ1) is 19.0. The van der Waals surface area contributed by atoms with Crippen molar-refractivity contribution in [2.24, 2.45) is 0 Å². The lowest BCUT2D eigenvalue weighted by atomic mass is 10.1. The molecule has 1 aliphatic rings. The number of aryl methyl sites for hydroxylation is 2. The van der Waals surface area contributed by atoms with Crippen molar-refractivity contribution in [2.45, 2.75) is 32.7 Å². The summed E-state index contributed by atoms with van der Waals surface area (Å²) in [5.74, 6) is 0.989. The van der Waals surface area contributed by atoms with Crippen LogP contribution in [0.2, 0.25) is 0 Å². The number of methoxy groups -OCH3 is 1. The van der Waals surface area contributed by atoms with Crippen LogP contribution in [0.25, 0.3) is 5.69 Å². The number of carbonyl (C=O) groups is 1. The molecule has 4 rings (SSSR count). The number of benzene rings is 1. The highest BCUT2D eigenvalue weighted by atomic mass is 16.5. The molecule has 1 amide bonds. The second kappa shape index (κ2) is 7.58. The Labute approximate surface area is 168 Å². The minimum atomic E-state index is -0.360. The van der Waals surface area contributed by atoms with Gasteiger partial charge in [0.15, 0.2) is 0 Å². The van der Waals surface area contributed by atoms with Crippen LogP contribution in [-0.4, -0.2) is 34.2 Å². The molecule has 1 aliphatic heterocycles. The third-order valence-corrected chi connectivity index (χ3v) is 5.36. The van der Waals surface area contributed by atoms with E-state index in [1.165, 1.54) is 4.57 Å². The average molecular weight is 393 g/mol. The lowest BCUT2D eigenvalue weighted by Gasteiger charge is -2.24. The number of rotatable bonds is 4. The second-order valence-electron chi connectivity index (χ2n) is 7.24. The third kappa shape index (κ3) is 3.33. The molecule has 7 heteroatoms. The van der Waals surface area contributed by atoms with E-state index in [0.29, 0.717) is 29.3 Å². The number of carbonyl (C=O) groups excluding carboxylic acids is 1. The van der Waals surface area contributed by atoms with Crippen molar-refractivity contribution in [3.05, 3.63) is 75.5 Å². The molecule has 1 unspecified atom stereocenters. The molecular formula is C22H23N3O4. The van der Waals surface area contributed by atoms with E-state index >= 15 is 0 Å². The molecule has 0 N–H and O–H groups in total. The summed E-state index contributed by atoms with van der Waals surface area (Å²) in [7, 11) is 1.55. The molecule has 3 heterocycles. The number of likely N-dealkylation sites (tertiary alicyclic amines) is 1. The predicted molar refractivity (Wildman–Crippen MR) is 108 cm³/mol. The van der Waals surface area contributed by atoms with Crippen LogP contribution in [0.15, 0.2) is 51.9 Å². The van der Waals surface area contributed by atoms with Gasteiger partial charge in [0, 0.05) is 18.8 Å². The zero-order valence-corrected chi connectivity index (χ0v) is 16.7. The third-order valence-electron chi connectivity index (χ3n) is 5.36. The number of amides is 1. The second-order valence-corrected chi connectivity index (χ2v) is 7.24. The number of para-hydroxylation sites is 2. The normalized spacial score (nSPS) is 16.2. The number of hydrogen-bond acceptors (Lipinski definition) is 5. The van der Waals surface area contributed by atoms with Gasteiger partial charge >= 0.3 is 0 Å². The molecule has 1 aromatic carbocycles. The van der Waals surface area contributed by atoms with E-state index < -0.39 is 0 Å². The van der Waals surface area contributed by atoms with Crippen LogP contribution < -0.4 is 10.3 Å². The Morgan fingerprint density at radius 1 is 1.24 bits per heavy atom. The van der Waals surface area contributed by atoms with Crippen molar-refractivity contribution in [3.63, 3.8) is 0 Å². The van der Waals surface area contributed by atoms with Crippen LogP contribution in [0.4, 0.5) is 0 Å². The lowest BCUT2D eigenvalue weighted by molar-refractivity contribution is 0.0728. The zero-order valence-electron chi connectivity index (χ0n) is 16.7. The van der Waals surface area contributed by atoms with E-state index in [2.05, 4.69) is 5.16 Å². The van der Waals surface area contributed by atoms with Gasteiger partial charge in [0.05, 0.1) is 18.8 Å². The zero-order chi connectivity index (χ0) is 20.5. The number of nitrogens with zero attached hydrogens (tertiary/aromatic N) is 3. The predicted octanol–water partition coefficient (Wildman–Crippen LogP) is 3.43. The Balaban J connectivity index is 1.77. The Kier molecular flexibility index (Phi) is 4.96. The van der Waals surface area contributed by atoms with Crippen molar-refractivity contribution in [1.29, 1.82) is 0 Å². The first-order valence-corrected chi connectivity index (χ1v) is 9.61. The van der Waals surface area contributed by atoms with Crippen molar-refractivity contribution in [2.75, 3.05) is 13.7 Å². The molecule has 7 nitrogen and oxygen atoms in total. The van der Waals surface area contributed by atoms with E-state index in [-0.39, 0.29) is 23.1 Å². The van der Waals surface area contributed by atoms with Gasteiger partial charge in [-0.1, -0.05) is 17.3 Å². The SMILES string of the molecule is COc1ccccc1-n1ccc(C)c(C(=O)N2CCCC2c2cc(C)on2)c1=O. The Morgan fingerprint density at radius 3 is 2.76 bits per heavy atom. The van der Waals surface area contributed by atoms with Gasteiger partial charge in [-0.25, -0.2) is 0 Å².